The summed E-state index contributed by atoms with van der Waals surface area (Å²) in [5.74, 6) is 0. The van der Waals surface area contributed by atoms with Crippen LogP contribution in [0.15, 0.2) is 102 Å². The van der Waals surface area contributed by atoms with Gasteiger partial charge >= 0.3 is 0 Å². The van der Waals surface area contributed by atoms with Crippen LogP contribution in [0.25, 0.3) is 43.7 Å². The van der Waals surface area contributed by atoms with Crippen molar-refractivity contribution >= 4 is 22.1 Å². The fraction of sp³-hybridized carbons (Fsp3) is 0. The van der Waals surface area contributed by atoms with Crippen LogP contribution in [-0.2, 0) is 0 Å². The Hall–Kier alpha value is -3.23. The number of hydrogen-bond acceptors (Lipinski definition) is 2. The molecular weight excluding hydrogens is 346 g/mol. The summed E-state index contributed by atoms with van der Waals surface area (Å²) in [7, 11) is 0. The fourth-order valence-corrected chi connectivity index (χ4v) is 4.17. The van der Waals surface area contributed by atoms with Crippen LogP contribution in [0.2, 0.25) is 0 Å². The van der Waals surface area contributed by atoms with Gasteiger partial charge in [-0.25, -0.2) is 4.98 Å². The van der Waals surface area contributed by atoms with Gasteiger partial charge in [0.15, 0.2) is 0 Å². The third-order valence-electron chi connectivity index (χ3n) is 4.77. The van der Waals surface area contributed by atoms with E-state index in [4.69, 9.17) is 4.98 Å². The lowest BCUT2D eigenvalue weighted by molar-refractivity contribution is 1.33. The van der Waals surface area contributed by atoms with Crippen LogP contribution in [0.1, 0.15) is 0 Å². The smallest absolute Gasteiger partial charge is 0.0796 e. The average Bonchev–Trinajstić information content (AvgIpc) is 3.28. The molecule has 0 saturated heterocycles. The largest absolute Gasteiger partial charge is 0.247 e. The summed E-state index contributed by atoms with van der Waals surface area (Å²) in [5.41, 5.74) is 5.50. The molecule has 0 saturated carbocycles. The second kappa shape index (κ2) is 6.82. The molecule has 0 radical (unpaired) electrons. The molecule has 3 aromatic carbocycles. The van der Waals surface area contributed by atoms with E-state index in [1.807, 2.05) is 6.07 Å². The van der Waals surface area contributed by atoms with Crippen molar-refractivity contribution < 1.29 is 0 Å². The van der Waals surface area contributed by atoms with E-state index in [1.165, 1.54) is 21.2 Å². The van der Waals surface area contributed by atoms with Crippen LogP contribution in [-0.4, -0.2) is 4.98 Å². The van der Waals surface area contributed by atoms with E-state index in [0.717, 1.165) is 22.5 Å². The summed E-state index contributed by atoms with van der Waals surface area (Å²) in [6.45, 7) is 0. The lowest BCUT2D eigenvalue weighted by Crippen LogP contribution is -1.92. The highest BCUT2D eigenvalue weighted by Gasteiger charge is 2.12. The van der Waals surface area contributed by atoms with Gasteiger partial charge in [-0.2, -0.15) is 0 Å². The number of nitrogens with zero attached hydrogens (tertiary/aromatic N) is 1. The zero-order valence-electron chi connectivity index (χ0n) is 14.7. The lowest BCUT2D eigenvalue weighted by atomic mass is 10.0. The molecule has 1 nitrogen and oxygen atoms in total. The van der Waals surface area contributed by atoms with Crippen LogP contribution in [0, 0.1) is 0 Å². The van der Waals surface area contributed by atoms with Crippen LogP contribution in [0.3, 0.4) is 0 Å². The Morgan fingerprint density at radius 1 is 0.593 bits per heavy atom. The van der Waals surface area contributed by atoms with Gasteiger partial charge in [-0.15, -0.1) is 11.3 Å². The molecule has 0 aliphatic rings. The predicted molar refractivity (Wildman–Crippen MR) is 116 cm³/mol. The molecule has 0 aliphatic heterocycles. The summed E-state index contributed by atoms with van der Waals surface area (Å²) in [6, 6.07) is 34.0. The summed E-state index contributed by atoms with van der Waals surface area (Å²) < 4.78 is 0. The molecule has 2 heterocycles. The van der Waals surface area contributed by atoms with Gasteiger partial charge in [0.2, 0.25) is 0 Å². The quantitative estimate of drug-likeness (QED) is 0.328. The maximum atomic E-state index is 5.08. The molecule has 2 heteroatoms. The summed E-state index contributed by atoms with van der Waals surface area (Å²) in [6.07, 6.45) is 0. The van der Waals surface area contributed by atoms with Crippen LogP contribution in [0.4, 0.5) is 0 Å². The SMILES string of the molecule is c1ccc(-c2nc(-c3ccc4ccccc4c3)ccc2-c2cccs2)cc1. The van der Waals surface area contributed by atoms with Crippen molar-refractivity contribution in [2.24, 2.45) is 0 Å². The highest BCUT2D eigenvalue weighted by molar-refractivity contribution is 7.13. The number of pyridine rings is 1. The molecular formula is C25H17NS. The molecule has 5 aromatic rings. The second-order valence-electron chi connectivity index (χ2n) is 6.50. The van der Waals surface area contributed by atoms with Gasteiger partial charge in [0, 0.05) is 21.6 Å². The highest BCUT2D eigenvalue weighted by atomic mass is 32.1. The van der Waals surface area contributed by atoms with Crippen molar-refractivity contribution in [1.82, 2.24) is 4.98 Å². The average molecular weight is 363 g/mol. The Bertz CT molecular complexity index is 1210. The number of fused-ring (bicyclic) bond motifs is 1. The highest BCUT2D eigenvalue weighted by Crippen LogP contribution is 2.35. The summed E-state index contributed by atoms with van der Waals surface area (Å²) in [4.78, 5) is 6.32. The van der Waals surface area contributed by atoms with Crippen molar-refractivity contribution in [3.8, 4) is 33.0 Å². The van der Waals surface area contributed by atoms with Crippen LogP contribution >= 0.6 is 11.3 Å². The first-order chi connectivity index (χ1) is 13.4. The minimum absolute atomic E-state index is 1.000. The zero-order valence-corrected chi connectivity index (χ0v) is 15.5. The Balaban J connectivity index is 1.70. The van der Waals surface area contributed by atoms with E-state index in [0.29, 0.717) is 0 Å². The predicted octanol–water partition coefficient (Wildman–Crippen LogP) is 7.30. The number of hydrogen-bond donors (Lipinski definition) is 0. The molecule has 0 bridgehead atoms. The normalized spacial score (nSPS) is 11.0. The van der Waals surface area contributed by atoms with Crippen molar-refractivity contribution in [2.45, 2.75) is 0 Å². The van der Waals surface area contributed by atoms with E-state index in [9.17, 15) is 0 Å². The van der Waals surface area contributed by atoms with Gasteiger partial charge in [-0.1, -0.05) is 72.8 Å². The van der Waals surface area contributed by atoms with Crippen molar-refractivity contribution in [3.63, 3.8) is 0 Å². The van der Waals surface area contributed by atoms with Crippen molar-refractivity contribution in [1.29, 1.82) is 0 Å². The number of benzene rings is 3. The Labute approximate surface area is 162 Å². The molecule has 0 fully saturated rings. The number of rotatable bonds is 3. The first-order valence-electron chi connectivity index (χ1n) is 8.98. The van der Waals surface area contributed by atoms with Gasteiger partial charge in [0.05, 0.1) is 11.4 Å². The van der Waals surface area contributed by atoms with E-state index < -0.39 is 0 Å². The lowest BCUT2D eigenvalue weighted by Gasteiger charge is -2.11. The molecule has 0 N–H and O–H groups in total. The van der Waals surface area contributed by atoms with Crippen LogP contribution < -0.4 is 0 Å². The van der Waals surface area contributed by atoms with E-state index >= 15 is 0 Å². The summed E-state index contributed by atoms with van der Waals surface area (Å²) >= 11 is 1.75. The second-order valence-corrected chi connectivity index (χ2v) is 7.45. The molecule has 27 heavy (non-hydrogen) atoms. The third-order valence-corrected chi connectivity index (χ3v) is 5.68. The molecule has 0 amide bonds. The maximum absolute atomic E-state index is 5.08. The first kappa shape index (κ1) is 16.0. The monoisotopic (exact) mass is 363 g/mol. The molecule has 0 aliphatic carbocycles. The van der Waals surface area contributed by atoms with E-state index in [1.54, 1.807) is 11.3 Å². The van der Waals surface area contributed by atoms with E-state index in [2.05, 4.69) is 96.4 Å². The molecule has 2 aromatic heterocycles. The summed E-state index contributed by atoms with van der Waals surface area (Å²) in [5, 5.41) is 4.60. The minimum Gasteiger partial charge on any atom is -0.247 e. The van der Waals surface area contributed by atoms with Gasteiger partial charge in [-0.05, 0) is 40.4 Å². The standard InChI is InChI=1S/C25H17NS/c1-2-8-19(9-3-1)25-22(24-11-6-16-27-24)14-15-23(26-25)21-13-12-18-7-4-5-10-20(18)17-21/h1-17H. The topological polar surface area (TPSA) is 12.9 Å². The first-order valence-corrected chi connectivity index (χ1v) is 9.86. The van der Waals surface area contributed by atoms with Crippen molar-refractivity contribution in [3.05, 3.63) is 102 Å². The van der Waals surface area contributed by atoms with E-state index in [-0.39, 0.29) is 0 Å². The molecule has 5 rings (SSSR count). The Morgan fingerprint density at radius 2 is 1.41 bits per heavy atom. The molecule has 0 atom stereocenters. The maximum Gasteiger partial charge on any atom is 0.0796 e. The number of thiophene rings is 1. The zero-order chi connectivity index (χ0) is 18.1. The minimum atomic E-state index is 1.000. The fourth-order valence-electron chi connectivity index (χ4n) is 3.42. The van der Waals surface area contributed by atoms with Gasteiger partial charge < -0.3 is 0 Å². The Morgan fingerprint density at radius 3 is 2.22 bits per heavy atom. The molecule has 0 spiro atoms. The third kappa shape index (κ3) is 3.05. The number of aromatic nitrogens is 1. The van der Waals surface area contributed by atoms with Crippen molar-refractivity contribution in [2.75, 3.05) is 0 Å². The molecule has 0 unspecified atom stereocenters. The van der Waals surface area contributed by atoms with Crippen LogP contribution in [0.5, 0.6) is 0 Å². The molecule has 128 valence electrons. The van der Waals surface area contributed by atoms with Gasteiger partial charge in [0.1, 0.15) is 0 Å². The van der Waals surface area contributed by atoms with Gasteiger partial charge in [-0.3, -0.25) is 0 Å². The Kier molecular flexibility index (Phi) is 4.04. The van der Waals surface area contributed by atoms with Gasteiger partial charge in [0.25, 0.3) is 0 Å².